The lowest BCUT2D eigenvalue weighted by Crippen LogP contribution is -2.62. The minimum Gasteiger partial charge on any atom is -0.481 e. The molecule has 1 aromatic rings. The summed E-state index contributed by atoms with van der Waals surface area (Å²) in [5.41, 5.74) is -1.45. The first kappa shape index (κ1) is 23.7. The van der Waals surface area contributed by atoms with Gasteiger partial charge in [0.05, 0.1) is 5.41 Å². The van der Waals surface area contributed by atoms with Gasteiger partial charge < -0.3 is 20.8 Å². The van der Waals surface area contributed by atoms with Gasteiger partial charge in [-0.25, -0.2) is 4.79 Å². The number of rotatable bonds is 9. The van der Waals surface area contributed by atoms with Crippen molar-refractivity contribution >= 4 is 35.4 Å². The topological polar surface area (TPSA) is 133 Å². The summed E-state index contributed by atoms with van der Waals surface area (Å²) in [5, 5.41) is 24.0. The Bertz CT molecular complexity index is 815. The van der Waals surface area contributed by atoms with Gasteiger partial charge >= 0.3 is 11.9 Å². The molecule has 1 aliphatic rings. The van der Waals surface area contributed by atoms with Crippen molar-refractivity contribution in [3.8, 4) is 0 Å². The van der Waals surface area contributed by atoms with Crippen LogP contribution in [0.2, 0.25) is 5.02 Å². The van der Waals surface area contributed by atoms with E-state index in [-0.39, 0.29) is 18.7 Å². The van der Waals surface area contributed by atoms with Crippen LogP contribution >= 0.6 is 11.6 Å². The molecular weight excluding hydrogens is 412 g/mol. The second-order valence-corrected chi connectivity index (χ2v) is 8.61. The fourth-order valence-corrected chi connectivity index (χ4v) is 3.71. The molecule has 2 amide bonds. The summed E-state index contributed by atoms with van der Waals surface area (Å²) in [6, 6.07) is 5.52. The van der Waals surface area contributed by atoms with Crippen molar-refractivity contribution in [2.45, 2.75) is 69.4 Å². The minimum absolute atomic E-state index is 0.239. The fraction of sp³-hybridized carbons (Fsp3) is 0.524. The maximum atomic E-state index is 13.1. The number of carboxylic acids is 2. The number of carbonyl (C=O) groups excluding carboxylic acids is 2. The molecule has 0 heterocycles. The van der Waals surface area contributed by atoms with Gasteiger partial charge in [0.25, 0.3) is 0 Å². The van der Waals surface area contributed by atoms with Crippen LogP contribution in [-0.2, 0) is 24.6 Å². The van der Waals surface area contributed by atoms with Gasteiger partial charge in [0, 0.05) is 11.4 Å². The molecule has 1 aromatic carbocycles. The lowest BCUT2D eigenvalue weighted by molar-refractivity contribution is -0.144. The van der Waals surface area contributed by atoms with Crippen molar-refractivity contribution in [3.05, 3.63) is 34.9 Å². The highest BCUT2D eigenvalue weighted by atomic mass is 35.5. The summed E-state index contributed by atoms with van der Waals surface area (Å²) in [5.74, 6) is -3.42. The molecule has 164 valence electrons. The van der Waals surface area contributed by atoms with E-state index in [1.165, 1.54) is 0 Å². The van der Waals surface area contributed by atoms with Crippen molar-refractivity contribution in [3.63, 3.8) is 0 Å². The molecule has 1 atom stereocenters. The van der Waals surface area contributed by atoms with E-state index >= 15 is 0 Å². The zero-order valence-corrected chi connectivity index (χ0v) is 17.8. The normalized spacial score (nSPS) is 16.5. The van der Waals surface area contributed by atoms with Crippen LogP contribution in [-0.4, -0.2) is 45.5 Å². The van der Waals surface area contributed by atoms with E-state index in [9.17, 15) is 24.3 Å². The van der Waals surface area contributed by atoms with Crippen molar-refractivity contribution in [2.75, 3.05) is 0 Å². The molecule has 0 aromatic heterocycles. The first-order valence-corrected chi connectivity index (χ1v) is 10.2. The monoisotopic (exact) mass is 438 g/mol. The molecule has 0 unspecified atom stereocenters. The molecule has 30 heavy (non-hydrogen) atoms. The lowest BCUT2D eigenvalue weighted by Gasteiger charge is -2.34. The van der Waals surface area contributed by atoms with E-state index < -0.39 is 34.8 Å². The van der Waals surface area contributed by atoms with Gasteiger partial charge in [-0.15, -0.1) is 0 Å². The lowest BCUT2D eigenvalue weighted by atomic mass is 9.82. The van der Waals surface area contributed by atoms with E-state index in [0.717, 1.165) is 5.56 Å². The smallest absolute Gasteiger partial charge is 0.326 e. The molecule has 1 saturated carbocycles. The predicted octanol–water partition coefficient (Wildman–Crippen LogP) is 2.48. The summed E-state index contributed by atoms with van der Waals surface area (Å²) in [6.07, 6.45) is 1.56. The highest BCUT2D eigenvalue weighted by molar-refractivity contribution is 6.30. The van der Waals surface area contributed by atoms with Gasteiger partial charge in [0.1, 0.15) is 11.6 Å². The Hall–Kier alpha value is -2.61. The zero-order chi connectivity index (χ0) is 22.5. The number of halogens is 1. The molecule has 1 aliphatic carbocycles. The fourth-order valence-electron chi connectivity index (χ4n) is 3.58. The summed E-state index contributed by atoms with van der Waals surface area (Å²) in [4.78, 5) is 48.4. The maximum absolute atomic E-state index is 13.1. The summed E-state index contributed by atoms with van der Waals surface area (Å²) < 4.78 is 0. The molecule has 4 N–H and O–H groups in total. The number of carboxylic acid groups (broad SMARTS) is 2. The van der Waals surface area contributed by atoms with Gasteiger partial charge in [-0.1, -0.05) is 36.6 Å². The van der Waals surface area contributed by atoms with Crippen LogP contribution in [0.3, 0.4) is 0 Å². The van der Waals surface area contributed by atoms with E-state index in [1.807, 2.05) is 0 Å². The molecule has 0 aliphatic heterocycles. The standard InChI is InChI=1S/C21H27ClN2O6/c1-20(2,13-5-7-14(22)8-6-13)18(29)24-21(11-3-4-12-21)19(30)23-15(17(27)28)9-10-16(25)26/h5-8,15H,3-4,9-12H2,1-2H3,(H,23,30)(H,24,29)(H,25,26)(H,27,28)/t15-/m1/s1. The third-order valence-corrected chi connectivity index (χ3v) is 5.88. The predicted molar refractivity (Wildman–Crippen MR) is 110 cm³/mol. The van der Waals surface area contributed by atoms with Crippen LogP contribution in [0.1, 0.15) is 57.9 Å². The molecule has 0 bridgehead atoms. The van der Waals surface area contributed by atoms with Gasteiger partial charge in [-0.05, 0) is 50.8 Å². The second-order valence-electron chi connectivity index (χ2n) is 8.17. The number of carbonyl (C=O) groups is 4. The molecular formula is C21H27ClN2O6. The summed E-state index contributed by atoms with van der Waals surface area (Å²) in [7, 11) is 0. The molecule has 0 spiro atoms. The Kier molecular flexibility index (Phi) is 7.47. The number of hydrogen-bond acceptors (Lipinski definition) is 4. The molecule has 2 rings (SSSR count). The first-order chi connectivity index (χ1) is 14.0. The number of hydrogen-bond donors (Lipinski definition) is 4. The summed E-state index contributed by atoms with van der Waals surface area (Å²) >= 11 is 5.92. The van der Waals surface area contributed by atoms with Crippen molar-refractivity contribution < 1.29 is 29.4 Å². The van der Waals surface area contributed by atoms with Crippen LogP contribution in [0.4, 0.5) is 0 Å². The van der Waals surface area contributed by atoms with Gasteiger partial charge in [0.2, 0.25) is 11.8 Å². The van der Waals surface area contributed by atoms with Crippen molar-refractivity contribution in [1.82, 2.24) is 10.6 Å². The largest absolute Gasteiger partial charge is 0.481 e. The molecule has 1 fully saturated rings. The van der Waals surface area contributed by atoms with Crippen LogP contribution in [0.15, 0.2) is 24.3 Å². The van der Waals surface area contributed by atoms with Crippen LogP contribution in [0.5, 0.6) is 0 Å². The number of aliphatic carboxylic acids is 2. The van der Waals surface area contributed by atoms with Gasteiger partial charge in [-0.2, -0.15) is 0 Å². The second kappa shape index (κ2) is 9.47. The van der Waals surface area contributed by atoms with Crippen molar-refractivity contribution in [1.29, 1.82) is 0 Å². The number of amides is 2. The highest BCUT2D eigenvalue weighted by Gasteiger charge is 2.46. The third kappa shape index (κ3) is 5.50. The van der Waals surface area contributed by atoms with E-state index in [4.69, 9.17) is 16.7 Å². The quantitative estimate of drug-likeness (QED) is 0.468. The average molecular weight is 439 g/mol. The molecule has 0 radical (unpaired) electrons. The maximum Gasteiger partial charge on any atom is 0.326 e. The van der Waals surface area contributed by atoms with Crippen LogP contribution in [0, 0.1) is 0 Å². The van der Waals surface area contributed by atoms with E-state index in [0.29, 0.717) is 30.7 Å². The highest BCUT2D eigenvalue weighted by Crippen LogP contribution is 2.33. The SMILES string of the molecule is CC(C)(C(=O)NC1(C(=O)N[C@H](CCC(=O)O)C(=O)O)CCCC1)c1ccc(Cl)cc1. The van der Waals surface area contributed by atoms with E-state index in [2.05, 4.69) is 10.6 Å². The Labute approximate surface area is 180 Å². The zero-order valence-electron chi connectivity index (χ0n) is 17.0. The van der Waals surface area contributed by atoms with E-state index in [1.54, 1.807) is 38.1 Å². The Morgan fingerprint density at radius 3 is 2.17 bits per heavy atom. The number of benzene rings is 1. The van der Waals surface area contributed by atoms with Gasteiger partial charge in [-0.3, -0.25) is 14.4 Å². The molecule has 8 nitrogen and oxygen atoms in total. The summed E-state index contributed by atoms with van der Waals surface area (Å²) in [6.45, 7) is 3.47. The minimum atomic E-state index is -1.34. The Balaban J connectivity index is 2.19. The van der Waals surface area contributed by atoms with Gasteiger partial charge in [0.15, 0.2) is 0 Å². The Morgan fingerprint density at radius 1 is 1.10 bits per heavy atom. The third-order valence-electron chi connectivity index (χ3n) is 5.63. The first-order valence-electron chi connectivity index (χ1n) is 9.82. The Morgan fingerprint density at radius 2 is 1.67 bits per heavy atom. The average Bonchev–Trinajstić information content (AvgIpc) is 3.14. The van der Waals surface area contributed by atoms with Crippen LogP contribution in [0.25, 0.3) is 0 Å². The van der Waals surface area contributed by atoms with Crippen molar-refractivity contribution in [2.24, 2.45) is 0 Å². The molecule has 0 saturated heterocycles. The number of nitrogens with one attached hydrogen (secondary N) is 2. The molecule has 9 heteroatoms. The van der Waals surface area contributed by atoms with Crippen LogP contribution < -0.4 is 10.6 Å².